The first-order valence-corrected chi connectivity index (χ1v) is 6.06. The van der Waals surface area contributed by atoms with E-state index in [9.17, 15) is 0 Å². The minimum Gasteiger partial charge on any atom is -0.450 e. The molecule has 0 N–H and O–H groups in total. The Morgan fingerprint density at radius 1 is 0.700 bits per heavy atom. The molecule has 3 rings (SSSR count). The second-order valence-electron chi connectivity index (χ2n) is 3.93. The molecule has 2 aromatic carbocycles. The van der Waals surface area contributed by atoms with Crippen LogP contribution in [0.2, 0.25) is 0 Å². The molecule has 5 heteroatoms. The van der Waals surface area contributed by atoms with Crippen LogP contribution in [-0.2, 0) is 0 Å². The van der Waals surface area contributed by atoms with Gasteiger partial charge in [0.05, 0.1) is 6.20 Å². The molecule has 0 spiro atoms. The van der Waals surface area contributed by atoms with Crippen LogP contribution in [0, 0.1) is 0 Å². The standard InChI is InChI=1S/C15H11N3O2/c1-3-7-12(8-4-1)19-14-11-16-18-17-15(14)20-13-9-5-2-6-10-13/h1-11H. The molecule has 0 bridgehead atoms. The molecule has 20 heavy (non-hydrogen) atoms. The molecule has 5 nitrogen and oxygen atoms in total. The predicted molar refractivity (Wildman–Crippen MR) is 72.9 cm³/mol. The predicted octanol–water partition coefficient (Wildman–Crippen LogP) is 3.46. The summed E-state index contributed by atoms with van der Waals surface area (Å²) < 4.78 is 11.3. The lowest BCUT2D eigenvalue weighted by molar-refractivity contribution is 0.393. The van der Waals surface area contributed by atoms with Gasteiger partial charge in [0.25, 0.3) is 5.88 Å². The molecule has 0 radical (unpaired) electrons. The molecule has 0 saturated heterocycles. The van der Waals surface area contributed by atoms with Gasteiger partial charge in [0.2, 0.25) is 5.75 Å². The number of aromatic nitrogens is 3. The summed E-state index contributed by atoms with van der Waals surface area (Å²) in [5.74, 6) is 2.02. The van der Waals surface area contributed by atoms with E-state index in [4.69, 9.17) is 9.47 Å². The highest BCUT2D eigenvalue weighted by Gasteiger charge is 2.10. The Labute approximate surface area is 115 Å². The van der Waals surface area contributed by atoms with Gasteiger partial charge in [-0.3, -0.25) is 0 Å². The molecule has 0 saturated carbocycles. The van der Waals surface area contributed by atoms with Gasteiger partial charge >= 0.3 is 0 Å². The summed E-state index contributed by atoms with van der Waals surface area (Å²) in [6, 6.07) is 18.7. The van der Waals surface area contributed by atoms with Gasteiger partial charge in [-0.25, -0.2) is 0 Å². The zero-order valence-corrected chi connectivity index (χ0v) is 10.5. The summed E-state index contributed by atoms with van der Waals surface area (Å²) in [5.41, 5.74) is 0. The van der Waals surface area contributed by atoms with E-state index in [1.54, 1.807) is 0 Å². The first-order valence-electron chi connectivity index (χ1n) is 6.06. The van der Waals surface area contributed by atoms with E-state index >= 15 is 0 Å². The SMILES string of the molecule is c1ccc(Oc2cnnnc2Oc2ccccc2)cc1. The molecular formula is C15H11N3O2. The third kappa shape index (κ3) is 2.89. The molecule has 0 aliphatic carbocycles. The van der Waals surface area contributed by atoms with Gasteiger partial charge in [-0.1, -0.05) is 41.5 Å². The maximum atomic E-state index is 5.69. The van der Waals surface area contributed by atoms with Crippen molar-refractivity contribution in [3.05, 3.63) is 66.9 Å². The van der Waals surface area contributed by atoms with Crippen LogP contribution in [0.3, 0.4) is 0 Å². The van der Waals surface area contributed by atoms with Crippen LogP contribution in [0.4, 0.5) is 0 Å². The van der Waals surface area contributed by atoms with E-state index in [0.717, 1.165) is 0 Å². The number of nitrogens with zero attached hydrogens (tertiary/aromatic N) is 3. The fourth-order valence-electron chi connectivity index (χ4n) is 1.61. The number of rotatable bonds is 4. The van der Waals surface area contributed by atoms with E-state index in [1.807, 2.05) is 60.7 Å². The normalized spacial score (nSPS) is 10.0. The van der Waals surface area contributed by atoms with Gasteiger partial charge in [-0.2, -0.15) is 0 Å². The van der Waals surface area contributed by atoms with Crippen molar-refractivity contribution in [1.29, 1.82) is 0 Å². The molecule has 0 aliphatic rings. The van der Waals surface area contributed by atoms with Crippen LogP contribution >= 0.6 is 0 Å². The molecule has 98 valence electrons. The fourth-order valence-corrected chi connectivity index (χ4v) is 1.61. The summed E-state index contributed by atoms with van der Waals surface area (Å²) in [6.07, 6.45) is 1.47. The number of ether oxygens (including phenoxy) is 2. The minimum atomic E-state index is 0.273. The summed E-state index contributed by atoms with van der Waals surface area (Å²) in [4.78, 5) is 0. The zero-order chi connectivity index (χ0) is 13.6. The zero-order valence-electron chi connectivity index (χ0n) is 10.5. The molecule has 1 heterocycles. The Balaban J connectivity index is 1.85. The average molecular weight is 265 g/mol. The van der Waals surface area contributed by atoms with Crippen LogP contribution in [0.5, 0.6) is 23.1 Å². The van der Waals surface area contributed by atoms with E-state index < -0.39 is 0 Å². The van der Waals surface area contributed by atoms with Crippen molar-refractivity contribution in [1.82, 2.24) is 15.4 Å². The lowest BCUT2D eigenvalue weighted by Gasteiger charge is -2.09. The van der Waals surface area contributed by atoms with E-state index in [0.29, 0.717) is 17.2 Å². The Hall–Kier alpha value is -2.95. The Kier molecular flexibility index (Phi) is 3.51. The minimum absolute atomic E-state index is 0.273. The largest absolute Gasteiger partial charge is 0.450 e. The topological polar surface area (TPSA) is 57.1 Å². The number of benzene rings is 2. The van der Waals surface area contributed by atoms with Gasteiger partial charge in [-0.05, 0) is 29.5 Å². The molecule has 3 aromatic rings. The second kappa shape index (κ2) is 5.79. The van der Waals surface area contributed by atoms with E-state index in [1.165, 1.54) is 6.20 Å². The van der Waals surface area contributed by atoms with E-state index in [2.05, 4.69) is 15.4 Å². The monoisotopic (exact) mass is 265 g/mol. The van der Waals surface area contributed by atoms with Crippen LogP contribution < -0.4 is 9.47 Å². The molecule has 1 aromatic heterocycles. The number of hydrogen-bond acceptors (Lipinski definition) is 5. The van der Waals surface area contributed by atoms with Crippen LogP contribution in [0.15, 0.2) is 66.9 Å². The van der Waals surface area contributed by atoms with Crippen LogP contribution in [0.25, 0.3) is 0 Å². The summed E-state index contributed by atoms with van der Waals surface area (Å²) in [6.45, 7) is 0. The Morgan fingerprint density at radius 3 is 1.95 bits per heavy atom. The van der Waals surface area contributed by atoms with E-state index in [-0.39, 0.29) is 5.88 Å². The highest BCUT2D eigenvalue weighted by Crippen LogP contribution is 2.30. The smallest absolute Gasteiger partial charge is 0.285 e. The molecule has 0 fully saturated rings. The fraction of sp³-hybridized carbons (Fsp3) is 0. The summed E-state index contributed by atoms with van der Waals surface area (Å²) in [5, 5.41) is 11.2. The first-order chi connectivity index (χ1) is 9.92. The first kappa shape index (κ1) is 12.1. The molecular weight excluding hydrogens is 254 g/mol. The quantitative estimate of drug-likeness (QED) is 0.723. The maximum Gasteiger partial charge on any atom is 0.285 e. The van der Waals surface area contributed by atoms with Gasteiger partial charge < -0.3 is 9.47 Å². The maximum absolute atomic E-state index is 5.69. The Morgan fingerprint density at radius 2 is 1.30 bits per heavy atom. The number of para-hydroxylation sites is 2. The Bertz CT molecular complexity index is 614. The summed E-state index contributed by atoms with van der Waals surface area (Å²) in [7, 11) is 0. The highest BCUT2D eigenvalue weighted by atomic mass is 16.5. The van der Waals surface area contributed by atoms with Crippen molar-refractivity contribution in [2.24, 2.45) is 0 Å². The van der Waals surface area contributed by atoms with Gasteiger partial charge in [0.1, 0.15) is 11.5 Å². The van der Waals surface area contributed by atoms with Gasteiger partial charge in [0, 0.05) is 0 Å². The van der Waals surface area contributed by atoms with Crippen molar-refractivity contribution in [3.63, 3.8) is 0 Å². The lowest BCUT2D eigenvalue weighted by atomic mass is 10.3. The summed E-state index contributed by atoms with van der Waals surface area (Å²) >= 11 is 0. The molecule has 0 unspecified atom stereocenters. The molecule has 0 amide bonds. The van der Waals surface area contributed by atoms with Gasteiger partial charge in [0.15, 0.2) is 0 Å². The average Bonchev–Trinajstić information content (AvgIpc) is 2.51. The lowest BCUT2D eigenvalue weighted by Crippen LogP contribution is -1.96. The highest BCUT2D eigenvalue weighted by molar-refractivity contribution is 5.37. The van der Waals surface area contributed by atoms with Crippen molar-refractivity contribution in [3.8, 4) is 23.1 Å². The number of hydrogen-bond donors (Lipinski definition) is 0. The van der Waals surface area contributed by atoms with Crippen molar-refractivity contribution >= 4 is 0 Å². The van der Waals surface area contributed by atoms with Crippen LogP contribution in [-0.4, -0.2) is 15.4 Å². The van der Waals surface area contributed by atoms with Crippen LogP contribution in [0.1, 0.15) is 0 Å². The van der Waals surface area contributed by atoms with Crippen molar-refractivity contribution in [2.45, 2.75) is 0 Å². The molecule has 0 atom stereocenters. The molecule has 0 aliphatic heterocycles. The third-order valence-corrected chi connectivity index (χ3v) is 2.50. The second-order valence-corrected chi connectivity index (χ2v) is 3.93. The van der Waals surface area contributed by atoms with Crippen molar-refractivity contribution in [2.75, 3.05) is 0 Å². The van der Waals surface area contributed by atoms with Gasteiger partial charge in [-0.15, -0.1) is 5.10 Å². The third-order valence-electron chi connectivity index (χ3n) is 2.50. The van der Waals surface area contributed by atoms with Crippen molar-refractivity contribution < 1.29 is 9.47 Å².